The molecule has 1 amide bonds. The van der Waals surface area contributed by atoms with Gasteiger partial charge in [0.05, 0.1) is 11.4 Å². The Balaban J connectivity index is 1.93. The second-order valence-corrected chi connectivity index (χ2v) is 5.57. The first-order chi connectivity index (χ1) is 9.56. The Morgan fingerprint density at radius 3 is 2.65 bits per heavy atom. The molecule has 5 heteroatoms. The highest BCUT2D eigenvalue weighted by Gasteiger charge is 2.14. The van der Waals surface area contributed by atoms with E-state index in [0.717, 1.165) is 12.2 Å². The number of hydrogen-bond donors (Lipinski definition) is 3. The number of nitrogen functional groups attached to an aromatic ring is 1. The van der Waals surface area contributed by atoms with Crippen molar-refractivity contribution in [3.8, 4) is 0 Å². The quantitative estimate of drug-likeness (QED) is 0.714. The number of likely N-dealkylation sites (tertiary alicyclic amines) is 1. The van der Waals surface area contributed by atoms with Gasteiger partial charge in [0, 0.05) is 18.2 Å². The Labute approximate surface area is 120 Å². The van der Waals surface area contributed by atoms with E-state index in [9.17, 15) is 4.79 Å². The number of hydrogen-bond acceptors (Lipinski definition) is 4. The summed E-state index contributed by atoms with van der Waals surface area (Å²) in [6.07, 6.45) is 3.93. The molecule has 0 bridgehead atoms. The summed E-state index contributed by atoms with van der Waals surface area (Å²) in [4.78, 5) is 13.6. The van der Waals surface area contributed by atoms with E-state index in [2.05, 4.69) is 17.1 Å². The monoisotopic (exact) mass is 276 g/mol. The molecule has 1 aliphatic rings. The van der Waals surface area contributed by atoms with Crippen LogP contribution in [0.5, 0.6) is 0 Å². The maximum atomic E-state index is 11.1. The summed E-state index contributed by atoms with van der Waals surface area (Å²) < 4.78 is 0. The van der Waals surface area contributed by atoms with Gasteiger partial charge in [-0.05, 0) is 51.1 Å². The number of anilines is 2. The van der Waals surface area contributed by atoms with Crippen LogP contribution in [0.1, 0.15) is 36.5 Å². The van der Waals surface area contributed by atoms with Crippen molar-refractivity contribution in [2.45, 2.75) is 32.2 Å². The first-order valence-electron chi connectivity index (χ1n) is 7.24. The fourth-order valence-corrected chi connectivity index (χ4v) is 2.69. The van der Waals surface area contributed by atoms with Crippen molar-refractivity contribution in [3.63, 3.8) is 0 Å². The van der Waals surface area contributed by atoms with Crippen molar-refractivity contribution >= 4 is 17.3 Å². The Hall–Kier alpha value is -1.75. The molecule has 110 valence electrons. The summed E-state index contributed by atoms with van der Waals surface area (Å²) >= 11 is 0. The maximum absolute atomic E-state index is 11.1. The van der Waals surface area contributed by atoms with Crippen LogP contribution in [0.4, 0.5) is 11.4 Å². The summed E-state index contributed by atoms with van der Waals surface area (Å²) in [5.74, 6) is -0.454. The normalized spacial score (nSPS) is 17.6. The minimum absolute atomic E-state index is 0.315. The molecule has 0 spiro atoms. The van der Waals surface area contributed by atoms with E-state index in [-0.39, 0.29) is 0 Å². The van der Waals surface area contributed by atoms with Crippen LogP contribution in [-0.2, 0) is 0 Å². The van der Waals surface area contributed by atoms with Gasteiger partial charge in [-0.3, -0.25) is 4.79 Å². The fraction of sp³-hybridized carbons (Fsp3) is 0.533. The lowest BCUT2D eigenvalue weighted by Gasteiger charge is -2.30. The van der Waals surface area contributed by atoms with Crippen molar-refractivity contribution in [1.82, 2.24) is 4.90 Å². The molecule has 1 saturated heterocycles. The second kappa shape index (κ2) is 6.61. The van der Waals surface area contributed by atoms with Crippen molar-refractivity contribution in [2.75, 3.05) is 30.7 Å². The second-order valence-electron chi connectivity index (χ2n) is 5.57. The van der Waals surface area contributed by atoms with E-state index >= 15 is 0 Å². The smallest absolute Gasteiger partial charge is 0.248 e. The third-order valence-electron chi connectivity index (χ3n) is 3.72. The number of rotatable bonds is 5. The number of piperidine rings is 1. The molecule has 5 N–H and O–H groups in total. The van der Waals surface area contributed by atoms with Gasteiger partial charge in [-0.1, -0.05) is 6.42 Å². The molecular formula is C15H24N4O. The lowest BCUT2D eigenvalue weighted by Crippen LogP contribution is -2.38. The van der Waals surface area contributed by atoms with Gasteiger partial charge in [-0.25, -0.2) is 0 Å². The SMILES string of the molecule is CC(CN1CCCCC1)Nc1ccc(C(N)=O)cc1N. The third-order valence-corrected chi connectivity index (χ3v) is 3.72. The minimum atomic E-state index is -0.454. The van der Waals surface area contributed by atoms with E-state index in [4.69, 9.17) is 11.5 Å². The van der Waals surface area contributed by atoms with E-state index in [0.29, 0.717) is 17.3 Å². The van der Waals surface area contributed by atoms with Gasteiger partial charge in [0.2, 0.25) is 5.91 Å². The van der Waals surface area contributed by atoms with Crippen molar-refractivity contribution in [3.05, 3.63) is 23.8 Å². The molecule has 0 aromatic heterocycles. The Morgan fingerprint density at radius 2 is 2.05 bits per heavy atom. The van der Waals surface area contributed by atoms with Crippen LogP contribution in [-0.4, -0.2) is 36.5 Å². The number of nitrogens with one attached hydrogen (secondary N) is 1. The van der Waals surface area contributed by atoms with E-state index in [1.54, 1.807) is 12.1 Å². The molecule has 20 heavy (non-hydrogen) atoms. The summed E-state index contributed by atoms with van der Waals surface area (Å²) in [6.45, 7) is 5.53. The highest BCUT2D eigenvalue weighted by Crippen LogP contribution is 2.21. The molecule has 0 radical (unpaired) electrons. The molecule has 1 atom stereocenters. The molecule has 1 aliphatic heterocycles. The fourth-order valence-electron chi connectivity index (χ4n) is 2.69. The number of amides is 1. The average molecular weight is 276 g/mol. The molecule has 1 aromatic rings. The van der Waals surface area contributed by atoms with Gasteiger partial charge in [0.25, 0.3) is 0 Å². The van der Waals surface area contributed by atoms with Crippen LogP contribution in [0.15, 0.2) is 18.2 Å². The van der Waals surface area contributed by atoms with E-state index in [1.165, 1.54) is 32.4 Å². The highest BCUT2D eigenvalue weighted by atomic mass is 16.1. The van der Waals surface area contributed by atoms with Crippen molar-refractivity contribution in [1.29, 1.82) is 0 Å². The van der Waals surface area contributed by atoms with Crippen LogP contribution in [0.3, 0.4) is 0 Å². The number of nitrogens with two attached hydrogens (primary N) is 2. The zero-order valence-electron chi connectivity index (χ0n) is 12.1. The van der Waals surface area contributed by atoms with E-state index < -0.39 is 5.91 Å². The van der Waals surface area contributed by atoms with Crippen LogP contribution in [0, 0.1) is 0 Å². The molecule has 0 saturated carbocycles. The number of benzene rings is 1. The lowest BCUT2D eigenvalue weighted by atomic mass is 10.1. The predicted molar refractivity (Wildman–Crippen MR) is 82.7 cm³/mol. The standard InChI is InChI=1S/C15H24N4O/c1-11(10-19-7-3-2-4-8-19)18-14-6-5-12(15(17)20)9-13(14)16/h5-6,9,11,18H,2-4,7-8,10,16H2,1H3,(H2,17,20). The third kappa shape index (κ3) is 3.87. The molecule has 1 heterocycles. The Kier molecular flexibility index (Phi) is 4.84. The van der Waals surface area contributed by atoms with Gasteiger partial charge in [0.1, 0.15) is 0 Å². The number of nitrogens with zero attached hydrogens (tertiary/aromatic N) is 1. The maximum Gasteiger partial charge on any atom is 0.248 e. The Bertz CT molecular complexity index is 469. The molecule has 5 nitrogen and oxygen atoms in total. The molecule has 2 rings (SSSR count). The zero-order chi connectivity index (χ0) is 14.5. The molecular weight excluding hydrogens is 252 g/mol. The van der Waals surface area contributed by atoms with Gasteiger partial charge >= 0.3 is 0 Å². The number of primary amides is 1. The Morgan fingerprint density at radius 1 is 1.35 bits per heavy atom. The van der Waals surface area contributed by atoms with Crippen molar-refractivity contribution < 1.29 is 4.79 Å². The molecule has 1 unspecified atom stereocenters. The van der Waals surface area contributed by atoms with Crippen LogP contribution >= 0.6 is 0 Å². The molecule has 0 aliphatic carbocycles. The first-order valence-corrected chi connectivity index (χ1v) is 7.24. The van der Waals surface area contributed by atoms with Gasteiger partial charge in [0.15, 0.2) is 0 Å². The molecule has 1 fully saturated rings. The van der Waals surface area contributed by atoms with E-state index in [1.807, 2.05) is 6.07 Å². The van der Waals surface area contributed by atoms with Crippen molar-refractivity contribution in [2.24, 2.45) is 5.73 Å². The lowest BCUT2D eigenvalue weighted by molar-refractivity contribution is 0.100. The van der Waals surface area contributed by atoms with Crippen LogP contribution in [0.25, 0.3) is 0 Å². The largest absolute Gasteiger partial charge is 0.397 e. The van der Waals surface area contributed by atoms with Gasteiger partial charge in [-0.2, -0.15) is 0 Å². The predicted octanol–water partition coefficient (Wildman–Crippen LogP) is 1.65. The average Bonchev–Trinajstić information content (AvgIpc) is 2.42. The minimum Gasteiger partial charge on any atom is -0.397 e. The van der Waals surface area contributed by atoms with Gasteiger partial charge < -0.3 is 21.7 Å². The van der Waals surface area contributed by atoms with Gasteiger partial charge in [-0.15, -0.1) is 0 Å². The molecule has 1 aromatic carbocycles. The summed E-state index contributed by atoms with van der Waals surface area (Å²) in [6, 6.07) is 5.46. The topological polar surface area (TPSA) is 84.4 Å². The summed E-state index contributed by atoms with van der Waals surface area (Å²) in [7, 11) is 0. The summed E-state index contributed by atoms with van der Waals surface area (Å²) in [5.41, 5.74) is 13.1. The first kappa shape index (κ1) is 14.7. The number of carbonyl (C=O) groups is 1. The van der Waals surface area contributed by atoms with Crippen LogP contribution in [0.2, 0.25) is 0 Å². The summed E-state index contributed by atoms with van der Waals surface area (Å²) in [5, 5.41) is 3.40. The zero-order valence-corrected chi connectivity index (χ0v) is 12.1. The van der Waals surface area contributed by atoms with Crippen LogP contribution < -0.4 is 16.8 Å². The highest BCUT2D eigenvalue weighted by molar-refractivity contribution is 5.94. The number of carbonyl (C=O) groups excluding carboxylic acids is 1.